The van der Waals surface area contributed by atoms with Crippen molar-refractivity contribution < 1.29 is 5.11 Å². The molecule has 1 aromatic rings. The fourth-order valence-electron chi connectivity index (χ4n) is 1.66. The molecule has 3 nitrogen and oxygen atoms in total. The molecule has 0 amide bonds. The number of aryl methyl sites for hydroxylation is 2. The zero-order chi connectivity index (χ0) is 10.6. The Morgan fingerprint density at radius 3 is 2.50 bits per heavy atom. The summed E-state index contributed by atoms with van der Waals surface area (Å²) in [7, 11) is 1.80. The summed E-state index contributed by atoms with van der Waals surface area (Å²) in [4.78, 5) is 0. The SMILES string of the molecule is CCCCc1c(CCC)nn(C)c1O. The van der Waals surface area contributed by atoms with Gasteiger partial charge in [0.2, 0.25) is 5.88 Å². The van der Waals surface area contributed by atoms with Crippen molar-refractivity contribution in [1.82, 2.24) is 9.78 Å². The molecule has 0 bridgehead atoms. The molecule has 0 aliphatic carbocycles. The van der Waals surface area contributed by atoms with Gasteiger partial charge in [-0.15, -0.1) is 0 Å². The molecule has 0 unspecified atom stereocenters. The second-order valence-electron chi connectivity index (χ2n) is 3.73. The molecule has 1 rings (SSSR count). The number of hydrogen-bond acceptors (Lipinski definition) is 2. The van der Waals surface area contributed by atoms with Gasteiger partial charge in [-0.2, -0.15) is 5.10 Å². The van der Waals surface area contributed by atoms with E-state index in [4.69, 9.17) is 0 Å². The number of aromatic hydroxyl groups is 1. The Hall–Kier alpha value is -0.990. The van der Waals surface area contributed by atoms with Crippen molar-refractivity contribution in [1.29, 1.82) is 0 Å². The molecule has 0 radical (unpaired) electrons. The molecule has 0 aromatic carbocycles. The zero-order valence-corrected chi connectivity index (χ0v) is 9.38. The molecular weight excluding hydrogens is 176 g/mol. The summed E-state index contributed by atoms with van der Waals surface area (Å²) in [5, 5.41) is 14.1. The van der Waals surface area contributed by atoms with E-state index in [1.807, 2.05) is 0 Å². The van der Waals surface area contributed by atoms with Gasteiger partial charge >= 0.3 is 0 Å². The fourth-order valence-corrected chi connectivity index (χ4v) is 1.66. The summed E-state index contributed by atoms with van der Waals surface area (Å²) in [6.45, 7) is 4.29. The van der Waals surface area contributed by atoms with Gasteiger partial charge in [-0.3, -0.25) is 0 Å². The van der Waals surface area contributed by atoms with Crippen molar-refractivity contribution in [3.63, 3.8) is 0 Å². The first-order valence-corrected chi connectivity index (χ1v) is 5.44. The lowest BCUT2D eigenvalue weighted by Gasteiger charge is -2.00. The minimum absolute atomic E-state index is 0.349. The van der Waals surface area contributed by atoms with E-state index in [2.05, 4.69) is 18.9 Å². The van der Waals surface area contributed by atoms with Crippen LogP contribution in [0.3, 0.4) is 0 Å². The highest BCUT2D eigenvalue weighted by Gasteiger charge is 2.13. The lowest BCUT2D eigenvalue weighted by molar-refractivity contribution is 0.413. The van der Waals surface area contributed by atoms with E-state index >= 15 is 0 Å². The van der Waals surface area contributed by atoms with Crippen LogP contribution < -0.4 is 0 Å². The Morgan fingerprint density at radius 1 is 1.21 bits per heavy atom. The van der Waals surface area contributed by atoms with Crippen LogP contribution in [0.25, 0.3) is 0 Å². The largest absolute Gasteiger partial charge is 0.493 e. The number of aromatic nitrogens is 2. The predicted octanol–water partition coefficient (Wildman–Crippen LogP) is 2.42. The summed E-state index contributed by atoms with van der Waals surface area (Å²) in [6.07, 6.45) is 5.27. The number of rotatable bonds is 5. The number of nitrogens with zero attached hydrogens (tertiary/aromatic N) is 2. The third-order valence-electron chi connectivity index (χ3n) is 2.46. The Labute approximate surface area is 85.8 Å². The molecule has 0 aliphatic heterocycles. The van der Waals surface area contributed by atoms with Crippen molar-refractivity contribution in [2.24, 2.45) is 7.05 Å². The van der Waals surface area contributed by atoms with E-state index in [9.17, 15) is 5.11 Å². The van der Waals surface area contributed by atoms with Crippen LogP contribution in [0, 0.1) is 0 Å². The second-order valence-corrected chi connectivity index (χ2v) is 3.73. The Kier molecular flexibility index (Phi) is 3.98. The zero-order valence-electron chi connectivity index (χ0n) is 9.38. The van der Waals surface area contributed by atoms with Crippen LogP contribution in [0.1, 0.15) is 44.4 Å². The molecule has 1 aromatic heterocycles. The van der Waals surface area contributed by atoms with E-state index in [1.54, 1.807) is 11.7 Å². The molecule has 0 fully saturated rings. The highest BCUT2D eigenvalue weighted by atomic mass is 16.3. The van der Waals surface area contributed by atoms with E-state index in [0.717, 1.165) is 43.4 Å². The Bertz CT molecular complexity index is 292. The van der Waals surface area contributed by atoms with Crippen LogP contribution in [-0.4, -0.2) is 14.9 Å². The maximum absolute atomic E-state index is 9.77. The van der Waals surface area contributed by atoms with E-state index in [-0.39, 0.29) is 0 Å². The fraction of sp³-hybridized carbons (Fsp3) is 0.727. The van der Waals surface area contributed by atoms with Crippen LogP contribution in [0.4, 0.5) is 0 Å². The maximum Gasteiger partial charge on any atom is 0.212 e. The minimum Gasteiger partial charge on any atom is -0.493 e. The third kappa shape index (κ3) is 2.28. The van der Waals surface area contributed by atoms with Gasteiger partial charge in [0.1, 0.15) is 0 Å². The quantitative estimate of drug-likeness (QED) is 0.785. The predicted molar refractivity (Wildman–Crippen MR) is 57.5 cm³/mol. The molecule has 0 atom stereocenters. The highest BCUT2D eigenvalue weighted by Crippen LogP contribution is 2.23. The first-order chi connectivity index (χ1) is 6.70. The van der Waals surface area contributed by atoms with E-state index in [0.29, 0.717) is 5.88 Å². The van der Waals surface area contributed by atoms with Gasteiger partial charge in [0.05, 0.1) is 5.69 Å². The molecule has 0 saturated carbocycles. The Morgan fingerprint density at radius 2 is 1.93 bits per heavy atom. The van der Waals surface area contributed by atoms with Crippen LogP contribution >= 0.6 is 0 Å². The van der Waals surface area contributed by atoms with Crippen molar-refractivity contribution in [3.05, 3.63) is 11.3 Å². The maximum atomic E-state index is 9.77. The summed E-state index contributed by atoms with van der Waals surface area (Å²) in [5.74, 6) is 0.349. The Balaban J connectivity index is 2.85. The average Bonchev–Trinajstić information content (AvgIpc) is 2.42. The molecule has 0 saturated heterocycles. The van der Waals surface area contributed by atoms with Crippen LogP contribution in [0.5, 0.6) is 5.88 Å². The molecule has 80 valence electrons. The van der Waals surface area contributed by atoms with Gasteiger partial charge in [0.25, 0.3) is 0 Å². The van der Waals surface area contributed by atoms with E-state index < -0.39 is 0 Å². The summed E-state index contributed by atoms with van der Waals surface area (Å²) >= 11 is 0. The lowest BCUT2D eigenvalue weighted by atomic mass is 10.1. The van der Waals surface area contributed by atoms with Crippen molar-refractivity contribution in [3.8, 4) is 5.88 Å². The van der Waals surface area contributed by atoms with E-state index in [1.165, 1.54) is 0 Å². The lowest BCUT2D eigenvalue weighted by Crippen LogP contribution is -1.92. The van der Waals surface area contributed by atoms with Crippen LogP contribution in [0.2, 0.25) is 0 Å². The van der Waals surface area contributed by atoms with Gasteiger partial charge in [0.15, 0.2) is 0 Å². The van der Waals surface area contributed by atoms with Crippen molar-refractivity contribution in [2.45, 2.75) is 46.0 Å². The van der Waals surface area contributed by atoms with Gasteiger partial charge < -0.3 is 5.11 Å². The van der Waals surface area contributed by atoms with Gasteiger partial charge in [-0.1, -0.05) is 26.7 Å². The minimum atomic E-state index is 0.349. The molecule has 0 spiro atoms. The standard InChI is InChI=1S/C11H20N2O/c1-4-6-8-9-10(7-5-2)12-13(3)11(9)14/h14H,4-8H2,1-3H3. The van der Waals surface area contributed by atoms with Gasteiger partial charge in [0, 0.05) is 12.6 Å². The monoisotopic (exact) mass is 196 g/mol. The molecule has 0 aliphatic rings. The molecule has 14 heavy (non-hydrogen) atoms. The van der Waals surface area contributed by atoms with Gasteiger partial charge in [-0.05, 0) is 19.3 Å². The highest BCUT2D eigenvalue weighted by molar-refractivity contribution is 5.30. The second kappa shape index (κ2) is 5.03. The first kappa shape index (κ1) is 11.1. The molecular formula is C11H20N2O. The third-order valence-corrected chi connectivity index (χ3v) is 2.46. The number of hydrogen-bond donors (Lipinski definition) is 1. The molecule has 3 heteroatoms. The normalized spacial score (nSPS) is 10.8. The summed E-state index contributed by atoms with van der Waals surface area (Å²) < 4.78 is 1.58. The van der Waals surface area contributed by atoms with Gasteiger partial charge in [-0.25, -0.2) is 4.68 Å². The topological polar surface area (TPSA) is 38.0 Å². The van der Waals surface area contributed by atoms with Crippen molar-refractivity contribution >= 4 is 0 Å². The molecule has 1 N–H and O–H groups in total. The average molecular weight is 196 g/mol. The van der Waals surface area contributed by atoms with Crippen LogP contribution in [-0.2, 0) is 19.9 Å². The first-order valence-electron chi connectivity index (χ1n) is 5.44. The number of unbranched alkanes of at least 4 members (excludes halogenated alkanes) is 1. The molecule has 1 heterocycles. The summed E-state index contributed by atoms with van der Waals surface area (Å²) in [6, 6.07) is 0. The van der Waals surface area contributed by atoms with Crippen LogP contribution in [0.15, 0.2) is 0 Å². The van der Waals surface area contributed by atoms with Crippen molar-refractivity contribution in [2.75, 3.05) is 0 Å². The summed E-state index contributed by atoms with van der Waals surface area (Å²) in [5.41, 5.74) is 2.12. The smallest absolute Gasteiger partial charge is 0.212 e.